The van der Waals surface area contributed by atoms with Crippen LogP contribution in [-0.2, 0) is 4.74 Å². The summed E-state index contributed by atoms with van der Waals surface area (Å²) in [5, 5.41) is -0.313. The third-order valence-electron chi connectivity index (χ3n) is 1.65. The molecule has 0 aromatic heterocycles. The minimum atomic E-state index is -5.98. The van der Waals surface area contributed by atoms with Gasteiger partial charge >= 0.3 is 12.3 Å². The maximum atomic E-state index is 13.4. The number of rotatable bonds is 2. The van der Waals surface area contributed by atoms with Crippen LogP contribution < -0.4 is 0 Å². The maximum Gasteiger partial charge on any atom is 0.483 e. The molecule has 0 spiro atoms. The van der Waals surface area contributed by atoms with Crippen molar-refractivity contribution in [3.8, 4) is 0 Å². The largest absolute Gasteiger partial charge is 0.483 e. The smallest absolute Gasteiger partial charge is 0.271 e. The van der Waals surface area contributed by atoms with Crippen LogP contribution in [0.15, 0.2) is 23.3 Å². The van der Waals surface area contributed by atoms with Crippen molar-refractivity contribution in [3.05, 3.63) is 23.3 Å². The lowest BCUT2D eigenvalue weighted by molar-refractivity contribution is -0.426. The fourth-order valence-corrected chi connectivity index (χ4v) is 1.24. The first-order valence-corrected chi connectivity index (χ1v) is 4.32. The van der Waals surface area contributed by atoms with Gasteiger partial charge in [0.2, 0.25) is 5.85 Å². The number of hydrogen-bond acceptors (Lipinski definition) is 1. The molecule has 0 saturated heterocycles. The van der Waals surface area contributed by atoms with E-state index in [9.17, 15) is 26.3 Å². The predicted octanol–water partition coefficient (Wildman–Crippen LogP) is 3.91. The van der Waals surface area contributed by atoms with E-state index >= 15 is 0 Å². The van der Waals surface area contributed by atoms with E-state index in [2.05, 4.69) is 4.74 Å². The molecule has 92 valence electrons. The van der Waals surface area contributed by atoms with Gasteiger partial charge in [0.15, 0.2) is 0 Å². The highest BCUT2D eigenvalue weighted by atomic mass is 35.5. The van der Waals surface area contributed by atoms with Crippen LogP contribution in [0.5, 0.6) is 0 Å². The molecule has 0 radical (unpaired) electrons. The van der Waals surface area contributed by atoms with Crippen molar-refractivity contribution in [3.63, 3.8) is 0 Å². The zero-order valence-corrected chi connectivity index (χ0v) is 8.25. The molecular weight excluding hydrogens is 262 g/mol. The van der Waals surface area contributed by atoms with Crippen molar-refractivity contribution >= 4 is 11.6 Å². The van der Waals surface area contributed by atoms with Gasteiger partial charge in [-0.15, -0.1) is 0 Å². The first-order chi connectivity index (χ1) is 7.06. The number of hydrogen-bond donors (Lipinski definition) is 0. The molecule has 0 bridgehead atoms. The van der Waals surface area contributed by atoms with Crippen molar-refractivity contribution in [2.24, 2.45) is 0 Å². The fourth-order valence-electron chi connectivity index (χ4n) is 0.987. The lowest BCUT2D eigenvalue weighted by Gasteiger charge is -2.29. The Morgan fingerprint density at radius 2 is 1.81 bits per heavy atom. The fraction of sp³-hybridized carbons (Fsp3) is 0.500. The first-order valence-electron chi connectivity index (χ1n) is 3.94. The van der Waals surface area contributed by atoms with Gasteiger partial charge in [-0.25, -0.2) is 4.39 Å². The molecule has 0 heterocycles. The summed E-state index contributed by atoms with van der Waals surface area (Å²) >= 11 is 5.27. The lowest BCUT2D eigenvalue weighted by atomic mass is 10.1. The van der Waals surface area contributed by atoms with Crippen LogP contribution in [-0.4, -0.2) is 18.1 Å². The van der Waals surface area contributed by atoms with Crippen LogP contribution in [0.3, 0.4) is 0 Å². The Kier molecular flexibility index (Phi) is 3.31. The minimum absolute atomic E-state index is 0.313. The number of alkyl halides is 6. The average Bonchev–Trinajstić information content (AvgIpc) is 1.98. The van der Waals surface area contributed by atoms with Gasteiger partial charge in [-0.2, -0.15) is 22.0 Å². The molecule has 1 aliphatic carbocycles. The average molecular weight is 267 g/mol. The summed E-state index contributed by atoms with van der Waals surface area (Å²) in [5.41, 5.74) is 0. The topological polar surface area (TPSA) is 9.23 Å². The van der Waals surface area contributed by atoms with Crippen LogP contribution in [0, 0.1) is 0 Å². The summed E-state index contributed by atoms with van der Waals surface area (Å²) in [6, 6.07) is 0. The maximum absolute atomic E-state index is 13.4. The van der Waals surface area contributed by atoms with Gasteiger partial charge < -0.3 is 0 Å². The molecule has 1 atom stereocenters. The van der Waals surface area contributed by atoms with Gasteiger partial charge in [0.25, 0.3) is 0 Å². The normalized spacial score (nSPS) is 26.8. The highest BCUT2D eigenvalue weighted by Crippen LogP contribution is 2.42. The molecule has 0 amide bonds. The second-order valence-electron chi connectivity index (χ2n) is 3.04. The molecule has 16 heavy (non-hydrogen) atoms. The Labute approximate surface area is 91.3 Å². The Hall–Kier alpha value is -0.690. The van der Waals surface area contributed by atoms with Gasteiger partial charge in [0.1, 0.15) is 0 Å². The van der Waals surface area contributed by atoms with Crippen LogP contribution in [0.4, 0.5) is 26.3 Å². The first kappa shape index (κ1) is 13.4. The molecule has 0 saturated carbocycles. The lowest BCUT2D eigenvalue weighted by Crippen LogP contribution is -2.45. The quantitative estimate of drug-likeness (QED) is 0.689. The molecule has 1 nitrogen and oxygen atoms in total. The molecule has 0 aliphatic heterocycles. The summed E-state index contributed by atoms with van der Waals surface area (Å²) in [6.45, 7) is 0. The number of halogens is 7. The second-order valence-corrected chi connectivity index (χ2v) is 3.47. The molecule has 0 N–H and O–H groups in total. The Bertz CT molecular complexity index is 334. The summed E-state index contributed by atoms with van der Waals surface area (Å²) in [7, 11) is 0. The van der Waals surface area contributed by atoms with E-state index in [1.807, 2.05) is 0 Å². The van der Waals surface area contributed by atoms with E-state index < -0.39 is 24.6 Å². The van der Waals surface area contributed by atoms with Crippen molar-refractivity contribution in [1.82, 2.24) is 0 Å². The Morgan fingerprint density at radius 3 is 2.25 bits per heavy atom. The zero-order chi connectivity index (χ0) is 12.6. The molecule has 1 aliphatic rings. The van der Waals surface area contributed by atoms with Crippen LogP contribution in [0.2, 0.25) is 0 Å². The van der Waals surface area contributed by atoms with E-state index in [0.29, 0.717) is 6.08 Å². The van der Waals surface area contributed by atoms with Crippen molar-refractivity contribution in [2.75, 3.05) is 0 Å². The summed E-state index contributed by atoms with van der Waals surface area (Å²) in [6.07, 6.45) is -9.81. The third-order valence-corrected chi connectivity index (χ3v) is 1.89. The Balaban J connectivity index is 2.86. The Morgan fingerprint density at radius 1 is 1.25 bits per heavy atom. The highest BCUT2D eigenvalue weighted by molar-refractivity contribution is 6.31. The van der Waals surface area contributed by atoms with Crippen molar-refractivity contribution < 1.29 is 31.1 Å². The predicted molar refractivity (Wildman–Crippen MR) is 43.6 cm³/mol. The number of allylic oxidation sites excluding steroid dienone is 2. The molecule has 0 aromatic rings. The molecular formula is C8H5ClF6O. The van der Waals surface area contributed by atoms with E-state index in [1.165, 1.54) is 0 Å². The van der Waals surface area contributed by atoms with Gasteiger partial charge in [-0.1, -0.05) is 17.7 Å². The monoisotopic (exact) mass is 266 g/mol. The van der Waals surface area contributed by atoms with Gasteiger partial charge in [0.05, 0.1) is 0 Å². The molecule has 0 aromatic carbocycles. The molecule has 1 rings (SSSR count). The zero-order valence-electron chi connectivity index (χ0n) is 7.49. The minimum Gasteiger partial charge on any atom is -0.271 e. The van der Waals surface area contributed by atoms with Crippen LogP contribution in [0.1, 0.15) is 6.42 Å². The molecule has 1 unspecified atom stereocenters. The standard InChI is InChI=1S/C8H5ClF6O/c9-5-2-1-3-6(10,4-5)16-8(14,15)7(11,12)13/h1-2,4H,3H2. The van der Waals surface area contributed by atoms with Crippen LogP contribution in [0.25, 0.3) is 0 Å². The molecule has 0 fully saturated rings. The third kappa shape index (κ3) is 2.91. The summed E-state index contributed by atoms with van der Waals surface area (Å²) in [4.78, 5) is 0. The van der Waals surface area contributed by atoms with E-state index in [1.54, 1.807) is 0 Å². The molecule has 8 heteroatoms. The van der Waals surface area contributed by atoms with Gasteiger partial charge in [-0.05, 0) is 12.2 Å². The second kappa shape index (κ2) is 3.96. The van der Waals surface area contributed by atoms with Gasteiger partial charge in [0, 0.05) is 11.5 Å². The van der Waals surface area contributed by atoms with E-state index in [0.717, 1.165) is 12.2 Å². The highest BCUT2D eigenvalue weighted by Gasteiger charge is 2.63. The number of ether oxygens (including phenoxy) is 1. The van der Waals surface area contributed by atoms with Crippen molar-refractivity contribution in [1.29, 1.82) is 0 Å². The van der Waals surface area contributed by atoms with E-state index in [-0.39, 0.29) is 5.03 Å². The summed E-state index contributed by atoms with van der Waals surface area (Å²) < 4.78 is 76.6. The van der Waals surface area contributed by atoms with Gasteiger partial charge in [-0.3, -0.25) is 4.74 Å². The van der Waals surface area contributed by atoms with E-state index in [4.69, 9.17) is 11.6 Å². The summed E-state index contributed by atoms with van der Waals surface area (Å²) in [5.74, 6) is -3.26. The SMILES string of the molecule is FC1(OC(F)(F)C(F)(F)F)C=C(Cl)C=CC1. The van der Waals surface area contributed by atoms with Crippen LogP contribution >= 0.6 is 11.6 Å². The van der Waals surface area contributed by atoms with Crippen molar-refractivity contribution in [2.45, 2.75) is 24.6 Å².